The first-order valence-electron chi connectivity index (χ1n) is 12.2. The van der Waals surface area contributed by atoms with E-state index in [1.54, 1.807) is 36.2 Å². The van der Waals surface area contributed by atoms with Crippen molar-refractivity contribution < 1.29 is 19.1 Å². The Hall–Kier alpha value is -3.97. The highest BCUT2D eigenvalue weighted by Gasteiger charge is 2.23. The summed E-state index contributed by atoms with van der Waals surface area (Å²) >= 11 is 0. The second kappa shape index (κ2) is 12.1. The van der Waals surface area contributed by atoms with E-state index >= 15 is 0 Å². The van der Waals surface area contributed by atoms with Crippen LogP contribution in [-0.2, 0) is 4.74 Å². The number of nitrogens with zero attached hydrogens (tertiary/aromatic N) is 2. The average Bonchev–Trinajstić information content (AvgIpc) is 2.92. The molecule has 0 aromatic heterocycles. The lowest BCUT2D eigenvalue weighted by Crippen LogP contribution is -2.42. The second-order valence-electron chi connectivity index (χ2n) is 8.98. The number of rotatable bonds is 8. The van der Waals surface area contributed by atoms with E-state index in [0.717, 1.165) is 49.9 Å². The molecule has 2 amide bonds. The standard InChI is InChI=1S/C29H31N3O4/c1-31(28(34)24-12-10-22(21-33)11-13-24)18-19-32-16-14-27(15-17-32)36-29(35)30-26-9-5-8-25(20-26)23-6-3-2-4-7-23/h2-13,20-21,27H,14-19H2,1H3,(H,30,35). The van der Waals surface area contributed by atoms with E-state index in [0.29, 0.717) is 23.4 Å². The first-order chi connectivity index (χ1) is 17.5. The summed E-state index contributed by atoms with van der Waals surface area (Å²) in [7, 11) is 1.78. The number of piperidine rings is 1. The fourth-order valence-electron chi connectivity index (χ4n) is 4.27. The van der Waals surface area contributed by atoms with E-state index in [4.69, 9.17) is 4.74 Å². The van der Waals surface area contributed by atoms with E-state index in [1.807, 2.05) is 54.6 Å². The van der Waals surface area contributed by atoms with Crippen LogP contribution in [0.4, 0.5) is 10.5 Å². The lowest BCUT2D eigenvalue weighted by Gasteiger charge is -2.32. The topological polar surface area (TPSA) is 79.0 Å². The Labute approximate surface area is 211 Å². The van der Waals surface area contributed by atoms with Crippen LogP contribution in [0.3, 0.4) is 0 Å². The van der Waals surface area contributed by atoms with Crippen LogP contribution in [-0.4, -0.2) is 67.4 Å². The zero-order chi connectivity index (χ0) is 25.3. The van der Waals surface area contributed by atoms with Crippen molar-refractivity contribution in [3.63, 3.8) is 0 Å². The Bertz CT molecular complexity index is 1170. The molecule has 3 aromatic carbocycles. The summed E-state index contributed by atoms with van der Waals surface area (Å²) in [6.45, 7) is 2.95. The molecule has 0 unspecified atom stereocenters. The Morgan fingerprint density at radius 3 is 2.36 bits per heavy atom. The average molecular weight is 486 g/mol. The van der Waals surface area contributed by atoms with Crippen molar-refractivity contribution in [3.8, 4) is 11.1 Å². The Balaban J connectivity index is 1.19. The molecule has 0 radical (unpaired) electrons. The van der Waals surface area contributed by atoms with Gasteiger partial charge >= 0.3 is 6.09 Å². The number of carbonyl (C=O) groups is 3. The molecule has 0 aliphatic carbocycles. The van der Waals surface area contributed by atoms with E-state index < -0.39 is 6.09 Å². The lowest BCUT2D eigenvalue weighted by atomic mass is 10.1. The predicted molar refractivity (Wildman–Crippen MR) is 140 cm³/mol. The maximum Gasteiger partial charge on any atom is 0.411 e. The molecule has 1 N–H and O–H groups in total. The van der Waals surface area contributed by atoms with Gasteiger partial charge in [-0.25, -0.2) is 4.79 Å². The monoisotopic (exact) mass is 485 g/mol. The van der Waals surface area contributed by atoms with Crippen LogP contribution in [0.1, 0.15) is 33.6 Å². The normalized spacial score (nSPS) is 14.1. The molecule has 36 heavy (non-hydrogen) atoms. The Kier molecular flexibility index (Phi) is 8.47. The summed E-state index contributed by atoms with van der Waals surface area (Å²) in [5, 5.41) is 2.85. The summed E-state index contributed by atoms with van der Waals surface area (Å²) in [4.78, 5) is 39.8. The van der Waals surface area contributed by atoms with Crippen molar-refractivity contribution >= 4 is 24.0 Å². The third kappa shape index (κ3) is 6.79. The molecular weight excluding hydrogens is 454 g/mol. The van der Waals surface area contributed by atoms with Gasteiger partial charge in [-0.3, -0.25) is 14.9 Å². The number of nitrogens with one attached hydrogen (secondary N) is 1. The Morgan fingerprint density at radius 1 is 0.972 bits per heavy atom. The van der Waals surface area contributed by atoms with Gasteiger partial charge in [0.1, 0.15) is 12.4 Å². The van der Waals surface area contributed by atoms with Gasteiger partial charge in [0.05, 0.1) is 0 Å². The molecule has 4 rings (SSSR count). The van der Waals surface area contributed by atoms with Crippen molar-refractivity contribution in [1.82, 2.24) is 9.80 Å². The van der Waals surface area contributed by atoms with Gasteiger partial charge in [0.15, 0.2) is 0 Å². The third-order valence-electron chi connectivity index (χ3n) is 6.42. The maximum absolute atomic E-state index is 12.6. The first-order valence-corrected chi connectivity index (χ1v) is 12.2. The zero-order valence-electron chi connectivity index (χ0n) is 20.4. The number of aldehydes is 1. The molecule has 3 aromatic rings. The van der Waals surface area contributed by atoms with Gasteiger partial charge in [-0.15, -0.1) is 0 Å². The number of hydrogen-bond donors (Lipinski definition) is 1. The number of amides is 2. The highest BCUT2D eigenvalue weighted by atomic mass is 16.6. The molecule has 0 atom stereocenters. The Morgan fingerprint density at radius 2 is 1.67 bits per heavy atom. The van der Waals surface area contributed by atoms with E-state index in [9.17, 15) is 14.4 Å². The van der Waals surface area contributed by atoms with Crippen molar-refractivity contribution in [2.45, 2.75) is 18.9 Å². The smallest absolute Gasteiger partial charge is 0.411 e. The minimum atomic E-state index is -0.440. The minimum absolute atomic E-state index is 0.0707. The van der Waals surface area contributed by atoms with Gasteiger partial charge in [-0.05, 0) is 48.2 Å². The molecule has 186 valence electrons. The SMILES string of the molecule is CN(CCN1CCC(OC(=O)Nc2cccc(-c3ccccc3)c2)CC1)C(=O)c1ccc(C=O)cc1. The summed E-state index contributed by atoms with van der Waals surface area (Å²) in [6, 6.07) is 24.4. The molecule has 1 fully saturated rings. The first kappa shape index (κ1) is 25.1. The highest BCUT2D eigenvalue weighted by molar-refractivity contribution is 5.94. The fourth-order valence-corrected chi connectivity index (χ4v) is 4.27. The van der Waals surface area contributed by atoms with Gasteiger partial charge in [-0.1, -0.05) is 54.6 Å². The van der Waals surface area contributed by atoms with Crippen LogP contribution in [0.15, 0.2) is 78.9 Å². The van der Waals surface area contributed by atoms with Gasteiger partial charge in [0.25, 0.3) is 5.91 Å². The second-order valence-corrected chi connectivity index (χ2v) is 8.98. The van der Waals surface area contributed by atoms with E-state index in [1.165, 1.54) is 0 Å². The molecular formula is C29H31N3O4. The molecule has 1 saturated heterocycles. The molecule has 1 heterocycles. The molecule has 7 nitrogen and oxygen atoms in total. The van der Waals surface area contributed by atoms with Crippen molar-refractivity contribution in [3.05, 3.63) is 90.0 Å². The summed E-state index contributed by atoms with van der Waals surface area (Å²) in [6.07, 6.45) is 1.70. The van der Waals surface area contributed by atoms with Crippen molar-refractivity contribution in [1.29, 1.82) is 0 Å². The molecule has 7 heteroatoms. The zero-order valence-corrected chi connectivity index (χ0v) is 20.4. The van der Waals surface area contributed by atoms with Gasteiger partial charge in [-0.2, -0.15) is 0 Å². The quantitative estimate of drug-likeness (QED) is 0.457. The van der Waals surface area contributed by atoms with Crippen molar-refractivity contribution in [2.24, 2.45) is 0 Å². The number of anilines is 1. The van der Waals surface area contributed by atoms with Crippen LogP contribution in [0.2, 0.25) is 0 Å². The molecule has 1 aliphatic heterocycles. The number of hydrogen-bond acceptors (Lipinski definition) is 5. The number of ether oxygens (including phenoxy) is 1. The molecule has 0 saturated carbocycles. The molecule has 1 aliphatic rings. The van der Waals surface area contributed by atoms with E-state index in [-0.39, 0.29) is 12.0 Å². The van der Waals surface area contributed by atoms with Gasteiger partial charge in [0, 0.05) is 50.0 Å². The highest BCUT2D eigenvalue weighted by Crippen LogP contribution is 2.23. The lowest BCUT2D eigenvalue weighted by molar-refractivity contribution is 0.0540. The van der Waals surface area contributed by atoms with Crippen LogP contribution in [0, 0.1) is 0 Å². The summed E-state index contributed by atoms with van der Waals surface area (Å²) in [5.74, 6) is -0.0707. The largest absolute Gasteiger partial charge is 0.446 e. The van der Waals surface area contributed by atoms with Crippen LogP contribution < -0.4 is 5.32 Å². The summed E-state index contributed by atoms with van der Waals surface area (Å²) in [5.41, 5.74) is 3.93. The minimum Gasteiger partial charge on any atom is -0.446 e. The van der Waals surface area contributed by atoms with Gasteiger partial charge < -0.3 is 14.5 Å². The predicted octanol–water partition coefficient (Wildman–Crippen LogP) is 4.95. The van der Waals surface area contributed by atoms with Crippen molar-refractivity contribution in [2.75, 3.05) is 38.5 Å². The van der Waals surface area contributed by atoms with Crippen LogP contribution >= 0.6 is 0 Å². The third-order valence-corrected chi connectivity index (χ3v) is 6.42. The fraction of sp³-hybridized carbons (Fsp3) is 0.276. The van der Waals surface area contributed by atoms with E-state index in [2.05, 4.69) is 10.2 Å². The number of likely N-dealkylation sites (tertiary alicyclic amines) is 1. The van der Waals surface area contributed by atoms with Gasteiger partial charge in [0.2, 0.25) is 0 Å². The van der Waals surface area contributed by atoms with Crippen LogP contribution in [0.25, 0.3) is 11.1 Å². The maximum atomic E-state index is 12.6. The number of carbonyl (C=O) groups excluding carboxylic acids is 3. The summed E-state index contributed by atoms with van der Waals surface area (Å²) < 4.78 is 5.66. The van der Waals surface area contributed by atoms with Crippen LogP contribution in [0.5, 0.6) is 0 Å². The molecule has 0 bridgehead atoms. The number of likely N-dealkylation sites (N-methyl/N-ethyl adjacent to an activating group) is 1. The number of benzene rings is 3. The molecule has 0 spiro atoms.